The molecule has 0 fully saturated rings. The molecule has 0 amide bonds. The van der Waals surface area contributed by atoms with Crippen molar-refractivity contribution in [3.63, 3.8) is 0 Å². The lowest BCUT2D eigenvalue weighted by Gasteiger charge is -2.16. The smallest absolute Gasteiger partial charge is 0.405 e. The van der Waals surface area contributed by atoms with Gasteiger partial charge in [0, 0.05) is 27.6 Å². The molecule has 0 saturated heterocycles. The normalized spacial score (nSPS) is 13.3. The van der Waals surface area contributed by atoms with Gasteiger partial charge in [0.15, 0.2) is 5.03 Å². The molecule has 0 atom stereocenters. The van der Waals surface area contributed by atoms with E-state index >= 15 is 0 Å². The Hall–Kier alpha value is -0.750. The second-order valence-corrected chi connectivity index (χ2v) is 6.45. The van der Waals surface area contributed by atoms with Gasteiger partial charge in [-0.1, -0.05) is 15.9 Å². The largest absolute Gasteiger partial charge is 0.573 e. The number of pyridine rings is 1. The average molecular weight is 423 g/mol. The van der Waals surface area contributed by atoms with Crippen LogP contribution in [0.25, 0.3) is 0 Å². The monoisotopic (exact) mass is 421 g/mol. The van der Waals surface area contributed by atoms with E-state index in [0.29, 0.717) is 0 Å². The molecule has 1 aromatic rings. The highest BCUT2D eigenvalue weighted by Crippen LogP contribution is 2.38. The standard InChI is InChI=1S/C8H3BrClF6NO3S/c9-2-3-4(20-8(14,15)16)1-5(7(11,12)13)17-6(3)21(10,18)19/h1H,2H2. The Balaban J connectivity index is 3.68. The van der Waals surface area contributed by atoms with E-state index < -0.39 is 49.0 Å². The molecule has 0 aliphatic carbocycles. The summed E-state index contributed by atoms with van der Waals surface area (Å²) in [5.41, 5.74) is -2.67. The van der Waals surface area contributed by atoms with Gasteiger partial charge in [-0.25, -0.2) is 13.4 Å². The maximum Gasteiger partial charge on any atom is 0.573 e. The van der Waals surface area contributed by atoms with Crippen molar-refractivity contribution in [2.75, 3.05) is 0 Å². The van der Waals surface area contributed by atoms with Crippen molar-refractivity contribution in [1.82, 2.24) is 4.98 Å². The van der Waals surface area contributed by atoms with Gasteiger partial charge in [0.25, 0.3) is 9.05 Å². The summed E-state index contributed by atoms with van der Waals surface area (Å²) >= 11 is 2.64. The molecule has 1 aromatic heterocycles. The highest BCUT2D eigenvalue weighted by molar-refractivity contribution is 9.08. The van der Waals surface area contributed by atoms with Crippen LogP contribution < -0.4 is 4.74 Å². The summed E-state index contributed by atoms with van der Waals surface area (Å²) in [5.74, 6) is -1.36. The molecule has 0 aliphatic rings. The van der Waals surface area contributed by atoms with Gasteiger partial charge in [-0.2, -0.15) is 13.2 Å². The van der Waals surface area contributed by atoms with E-state index in [2.05, 4.69) is 25.7 Å². The summed E-state index contributed by atoms with van der Waals surface area (Å²) in [6.07, 6.45) is -10.5. The van der Waals surface area contributed by atoms with E-state index in [1.54, 1.807) is 0 Å². The number of rotatable bonds is 3. The van der Waals surface area contributed by atoms with Crippen molar-refractivity contribution in [2.45, 2.75) is 22.9 Å². The molecule has 1 heterocycles. The van der Waals surface area contributed by atoms with Crippen LogP contribution in [0.1, 0.15) is 11.3 Å². The van der Waals surface area contributed by atoms with E-state index in [9.17, 15) is 34.8 Å². The van der Waals surface area contributed by atoms with Gasteiger partial charge < -0.3 is 4.74 Å². The van der Waals surface area contributed by atoms with E-state index in [0.717, 1.165) is 0 Å². The molecule has 0 radical (unpaired) electrons. The number of hydrogen-bond acceptors (Lipinski definition) is 4. The van der Waals surface area contributed by atoms with Crippen molar-refractivity contribution < 1.29 is 39.5 Å². The summed E-state index contributed by atoms with van der Waals surface area (Å²) in [4.78, 5) is 2.75. The minimum atomic E-state index is -5.32. The fraction of sp³-hybridized carbons (Fsp3) is 0.375. The second kappa shape index (κ2) is 5.80. The Labute approximate surface area is 126 Å². The van der Waals surface area contributed by atoms with Gasteiger partial charge in [0.05, 0.1) is 0 Å². The summed E-state index contributed by atoms with van der Waals surface area (Å²) in [7, 11) is 0.0698. The fourth-order valence-corrected chi connectivity index (χ4v) is 3.00. The second-order valence-electron chi connectivity index (χ2n) is 3.41. The third kappa shape index (κ3) is 4.88. The zero-order valence-electron chi connectivity index (χ0n) is 9.39. The van der Waals surface area contributed by atoms with E-state index in [1.807, 2.05) is 0 Å². The molecule has 4 nitrogen and oxygen atoms in total. The number of alkyl halides is 7. The quantitative estimate of drug-likeness (QED) is 0.422. The van der Waals surface area contributed by atoms with Gasteiger partial charge in [0.1, 0.15) is 11.4 Å². The van der Waals surface area contributed by atoms with Gasteiger partial charge >= 0.3 is 12.5 Å². The molecular formula is C8H3BrClF6NO3S. The lowest BCUT2D eigenvalue weighted by atomic mass is 10.2. The van der Waals surface area contributed by atoms with Crippen LogP contribution in [0.15, 0.2) is 11.1 Å². The highest BCUT2D eigenvalue weighted by Gasteiger charge is 2.39. The summed E-state index contributed by atoms with van der Waals surface area (Å²) in [6.45, 7) is 0. The Kier molecular flexibility index (Phi) is 5.05. The van der Waals surface area contributed by atoms with E-state index in [1.165, 1.54) is 0 Å². The van der Waals surface area contributed by atoms with E-state index in [4.69, 9.17) is 10.7 Å². The van der Waals surface area contributed by atoms with Crippen LogP contribution in [-0.2, 0) is 20.6 Å². The highest BCUT2D eigenvalue weighted by atomic mass is 79.9. The molecule has 13 heteroatoms. The minimum Gasteiger partial charge on any atom is -0.405 e. The first kappa shape index (κ1) is 18.3. The van der Waals surface area contributed by atoms with Crippen molar-refractivity contribution >= 4 is 35.7 Å². The van der Waals surface area contributed by atoms with Crippen molar-refractivity contribution in [3.05, 3.63) is 17.3 Å². The van der Waals surface area contributed by atoms with Crippen molar-refractivity contribution in [3.8, 4) is 5.75 Å². The summed E-state index contributed by atoms with van der Waals surface area (Å²) < 4.78 is 100. The van der Waals surface area contributed by atoms with Crippen LogP contribution in [0.2, 0.25) is 0 Å². The van der Waals surface area contributed by atoms with Gasteiger partial charge in [-0.15, -0.1) is 13.2 Å². The van der Waals surface area contributed by atoms with Crippen LogP contribution in [-0.4, -0.2) is 19.8 Å². The molecule has 21 heavy (non-hydrogen) atoms. The van der Waals surface area contributed by atoms with Crippen LogP contribution in [0.5, 0.6) is 5.75 Å². The van der Waals surface area contributed by atoms with Gasteiger partial charge in [-0.3, -0.25) is 0 Å². The Morgan fingerprint density at radius 3 is 2.10 bits per heavy atom. The molecule has 0 unspecified atom stereocenters. The van der Waals surface area contributed by atoms with Crippen LogP contribution in [0, 0.1) is 0 Å². The maximum atomic E-state index is 12.6. The predicted molar refractivity (Wildman–Crippen MR) is 61.6 cm³/mol. The molecule has 0 spiro atoms. The van der Waals surface area contributed by atoms with Crippen LogP contribution >= 0.6 is 26.6 Å². The minimum absolute atomic E-state index is 0.0599. The molecule has 0 saturated carbocycles. The third-order valence-electron chi connectivity index (χ3n) is 1.93. The first-order valence-corrected chi connectivity index (χ1v) is 8.06. The summed E-state index contributed by atoms with van der Waals surface area (Å²) in [6, 6.07) is -0.0599. The zero-order valence-corrected chi connectivity index (χ0v) is 12.5. The molecular weight excluding hydrogens is 420 g/mol. The van der Waals surface area contributed by atoms with Crippen molar-refractivity contribution in [1.29, 1.82) is 0 Å². The topological polar surface area (TPSA) is 56.3 Å². The Morgan fingerprint density at radius 2 is 1.76 bits per heavy atom. The average Bonchev–Trinajstić information content (AvgIpc) is 2.23. The lowest BCUT2D eigenvalue weighted by molar-refractivity contribution is -0.275. The predicted octanol–water partition coefficient (Wildman–Crippen LogP) is 3.82. The Morgan fingerprint density at radius 1 is 1.24 bits per heavy atom. The fourth-order valence-electron chi connectivity index (χ4n) is 1.21. The molecule has 0 bridgehead atoms. The first-order chi connectivity index (χ1) is 9.25. The number of ether oxygens (including phenoxy) is 1. The number of halogens is 8. The zero-order chi connectivity index (χ0) is 16.6. The number of aromatic nitrogens is 1. The maximum absolute atomic E-state index is 12.6. The van der Waals surface area contributed by atoms with Crippen molar-refractivity contribution in [2.24, 2.45) is 0 Å². The molecule has 1 rings (SSSR count). The molecule has 0 aliphatic heterocycles. The molecule has 0 aromatic carbocycles. The van der Waals surface area contributed by atoms with Crippen LogP contribution in [0.3, 0.4) is 0 Å². The lowest BCUT2D eigenvalue weighted by Crippen LogP contribution is -2.20. The Bertz CT molecular complexity index is 645. The van der Waals surface area contributed by atoms with Gasteiger partial charge in [0.2, 0.25) is 0 Å². The van der Waals surface area contributed by atoms with E-state index in [-0.39, 0.29) is 6.07 Å². The number of hydrogen-bond donors (Lipinski definition) is 0. The first-order valence-electron chi connectivity index (χ1n) is 4.63. The summed E-state index contributed by atoms with van der Waals surface area (Å²) in [5, 5.41) is -1.94. The SMILES string of the molecule is O=S(=O)(Cl)c1nc(C(F)(F)F)cc(OC(F)(F)F)c1CBr. The molecule has 120 valence electrons. The number of nitrogens with zero attached hydrogens (tertiary/aromatic N) is 1. The van der Waals surface area contributed by atoms with Crippen LogP contribution in [0.4, 0.5) is 26.3 Å². The third-order valence-corrected chi connectivity index (χ3v) is 3.72. The molecule has 0 N–H and O–H groups in total. The van der Waals surface area contributed by atoms with Gasteiger partial charge in [-0.05, 0) is 0 Å².